The molecule has 0 fully saturated rings. The van der Waals surface area contributed by atoms with Gasteiger partial charge in [0.05, 0.1) is 18.5 Å². The van der Waals surface area contributed by atoms with Crippen LogP contribution in [0.15, 0.2) is 6.20 Å². The highest BCUT2D eigenvalue weighted by molar-refractivity contribution is 5.36. The number of hydrogen-bond acceptors (Lipinski definition) is 3. The predicted molar refractivity (Wildman–Crippen MR) is 41.6 cm³/mol. The predicted octanol–water partition coefficient (Wildman–Crippen LogP) is 2.08. The molecule has 0 radical (unpaired) electrons. The number of aliphatic hydroxyl groups is 1. The number of alkyl halides is 4. The van der Waals surface area contributed by atoms with Crippen LogP contribution >= 0.6 is 0 Å². The molecule has 1 aromatic rings. The second-order valence-corrected chi connectivity index (χ2v) is 2.70. The largest absolute Gasteiger partial charge is 0.573 e. The van der Waals surface area contributed by atoms with Gasteiger partial charge >= 0.3 is 6.36 Å². The van der Waals surface area contributed by atoms with Crippen LogP contribution in [0.1, 0.15) is 11.3 Å². The Bertz CT molecular complexity index is 379. The number of aromatic nitrogens is 1. The maximum Gasteiger partial charge on any atom is 0.573 e. The Kier molecular flexibility index (Phi) is 3.63. The number of aliphatic hydroxyl groups excluding tert-OH is 1. The van der Waals surface area contributed by atoms with Gasteiger partial charge in [0.25, 0.3) is 0 Å². The summed E-state index contributed by atoms with van der Waals surface area (Å²) in [5.41, 5.74) is -1.15. The molecule has 1 heterocycles. The van der Waals surface area contributed by atoms with Crippen LogP contribution in [-0.4, -0.2) is 16.5 Å². The van der Waals surface area contributed by atoms with E-state index < -0.39 is 42.5 Å². The summed E-state index contributed by atoms with van der Waals surface area (Å²) in [4.78, 5) is 3.20. The lowest BCUT2D eigenvalue weighted by Crippen LogP contribution is -2.20. The van der Waals surface area contributed by atoms with Gasteiger partial charge in [0.1, 0.15) is 6.67 Å². The Morgan fingerprint density at radius 3 is 2.44 bits per heavy atom. The van der Waals surface area contributed by atoms with Gasteiger partial charge in [-0.2, -0.15) is 0 Å². The van der Waals surface area contributed by atoms with Crippen molar-refractivity contribution in [2.75, 3.05) is 0 Å². The lowest BCUT2D eigenvalue weighted by atomic mass is 10.2. The van der Waals surface area contributed by atoms with E-state index in [-0.39, 0.29) is 0 Å². The number of hydrogen-bond donors (Lipinski definition) is 1. The van der Waals surface area contributed by atoms with E-state index in [0.29, 0.717) is 6.20 Å². The molecule has 0 unspecified atom stereocenters. The van der Waals surface area contributed by atoms with Crippen molar-refractivity contribution in [3.8, 4) is 5.75 Å². The fourth-order valence-corrected chi connectivity index (χ4v) is 1.05. The van der Waals surface area contributed by atoms with E-state index >= 15 is 0 Å². The first kappa shape index (κ1) is 12.6. The zero-order chi connectivity index (χ0) is 12.3. The Morgan fingerprint density at radius 1 is 1.38 bits per heavy atom. The van der Waals surface area contributed by atoms with Gasteiger partial charge in [-0.1, -0.05) is 0 Å². The SMILES string of the molecule is OCc1c(CF)ncc(F)c1OC(F)(F)F. The minimum absolute atomic E-state index is 0.398. The number of nitrogens with zero attached hydrogens (tertiary/aromatic N) is 1. The van der Waals surface area contributed by atoms with Crippen LogP contribution in [0.4, 0.5) is 22.0 Å². The topological polar surface area (TPSA) is 42.4 Å². The molecule has 0 saturated carbocycles. The molecule has 3 nitrogen and oxygen atoms in total. The molecule has 0 spiro atoms. The van der Waals surface area contributed by atoms with Crippen molar-refractivity contribution in [1.29, 1.82) is 0 Å². The van der Waals surface area contributed by atoms with Crippen LogP contribution in [0.25, 0.3) is 0 Å². The molecule has 0 aromatic carbocycles. The fraction of sp³-hybridized carbons (Fsp3) is 0.375. The summed E-state index contributed by atoms with van der Waals surface area (Å²) in [6.07, 6.45) is -4.73. The van der Waals surface area contributed by atoms with Gasteiger partial charge in [0.2, 0.25) is 0 Å². The Labute approximate surface area is 86.5 Å². The van der Waals surface area contributed by atoms with Crippen LogP contribution in [0.5, 0.6) is 5.75 Å². The van der Waals surface area contributed by atoms with E-state index in [1.807, 2.05) is 0 Å². The average Bonchev–Trinajstić information content (AvgIpc) is 2.19. The first-order valence-electron chi connectivity index (χ1n) is 3.98. The van der Waals surface area contributed by atoms with Crippen molar-refractivity contribution in [2.24, 2.45) is 0 Å². The second-order valence-electron chi connectivity index (χ2n) is 2.70. The molecule has 0 amide bonds. The maximum atomic E-state index is 13.0. The third kappa shape index (κ3) is 2.78. The summed E-state index contributed by atoms with van der Waals surface area (Å²) >= 11 is 0. The summed E-state index contributed by atoms with van der Waals surface area (Å²) in [5, 5.41) is 8.73. The van der Waals surface area contributed by atoms with E-state index in [0.717, 1.165) is 0 Å². The fourth-order valence-electron chi connectivity index (χ4n) is 1.05. The Morgan fingerprint density at radius 2 is 2.00 bits per heavy atom. The average molecular weight is 243 g/mol. The molecule has 1 rings (SSSR count). The quantitative estimate of drug-likeness (QED) is 0.826. The van der Waals surface area contributed by atoms with Crippen LogP contribution in [0, 0.1) is 5.82 Å². The summed E-state index contributed by atoms with van der Waals surface area (Å²) in [5.74, 6) is -2.67. The highest BCUT2D eigenvalue weighted by atomic mass is 19.4. The Hall–Kier alpha value is -1.44. The van der Waals surface area contributed by atoms with E-state index in [1.54, 1.807) is 0 Å². The molecule has 1 aromatic heterocycles. The number of halogens is 5. The van der Waals surface area contributed by atoms with Crippen molar-refractivity contribution in [2.45, 2.75) is 19.6 Å². The maximum absolute atomic E-state index is 13.0. The third-order valence-corrected chi connectivity index (χ3v) is 1.68. The van der Waals surface area contributed by atoms with Gasteiger partial charge in [-0.25, -0.2) is 8.78 Å². The van der Waals surface area contributed by atoms with E-state index in [9.17, 15) is 22.0 Å². The van der Waals surface area contributed by atoms with Gasteiger partial charge < -0.3 is 9.84 Å². The van der Waals surface area contributed by atoms with Crippen molar-refractivity contribution < 1.29 is 31.8 Å². The molecule has 0 aliphatic carbocycles. The molecular weight excluding hydrogens is 237 g/mol. The van der Waals surface area contributed by atoms with Crippen LogP contribution in [0.3, 0.4) is 0 Å². The van der Waals surface area contributed by atoms with Gasteiger partial charge in [-0.15, -0.1) is 13.2 Å². The summed E-state index contributed by atoms with van der Waals surface area (Å²) in [6, 6.07) is 0. The van der Waals surface area contributed by atoms with Crippen molar-refractivity contribution in [1.82, 2.24) is 4.98 Å². The van der Waals surface area contributed by atoms with Crippen LogP contribution in [-0.2, 0) is 13.3 Å². The molecule has 0 atom stereocenters. The zero-order valence-electron chi connectivity index (χ0n) is 7.68. The molecule has 0 aliphatic heterocycles. The highest BCUT2D eigenvalue weighted by Gasteiger charge is 2.34. The van der Waals surface area contributed by atoms with Crippen molar-refractivity contribution in [3.05, 3.63) is 23.3 Å². The Balaban J connectivity index is 3.23. The minimum atomic E-state index is -5.13. The van der Waals surface area contributed by atoms with Gasteiger partial charge in [0.15, 0.2) is 11.6 Å². The summed E-state index contributed by atoms with van der Waals surface area (Å²) < 4.78 is 64.3. The standard InChI is InChI=1S/C8H6F5NO2/c9-1-6-4(3-15)7(5(10)2-14-6)16-8(11,12)13/h2,15H,1,3H2. The first-order chi connectivity index (χ1) is 7.39. The summed E-state index contributed by atoms with van der Waals surface area (Å²) in [6.45, 7) is -2.24. The lowest BCUT2D eigenvalue weighted by molar-refractivity contribution is -0.276. The van der Waals surface area contributed by atoms with Gasteiger partial charge in [0, 0.05) is 5.56 Å². The minimum Gasteiger partial charge on any atom is -0.402 e. The smallest absolute Gasteiger partial charge is 0.402 e. The molecular formula is C8H6F5NO2. The summed E-state index contributed by atoms with van der Waals surface area (Å²) in [7, 11) is 0. The van der Waals surface area contributed by atoms with E-state index in [2.05, 4.69) is 9.72 Å². The number of rotatable bonds is 3. The second kappa shape index (κ2) is 4.60. The lowest BCUT2D eigenvalue weighted by Gasteiger charge is -2.14. The van der Waals surface area contributed by atoms with Gasteiger partial charge in [-0.3, -0.25) is 4.98 Å². The van der Waals surface area contributed by atoms with E-state index in [1.165, 1.54) is 0 Å². The molecule has 1 N–H and O–H groups in total. The molecule has 0 aliphatic rings. The number of pyridine rings is 1. The van der Waals surface area contributed by atoms with E-state index in [4.69, 9.17) is 5.11 Å². The first-order valence-corrected chi connectivity index (χ1v) is 3.98. The van der Waals surface area contributed by atoms with Crippen molar-refractivity contribution in [3.63, 3.8) is 0 Å². The van der Waals surface area contributed by atoms with Crippen LogP contribution < -0.4 is 4.74 Å². The molecule has 16 heavy (non-hydrogen) atoms. The van der Waals surface area contributed by atoms with Gasteiger partial charge in [-0.05, 0) is 0 Å². The van der Waals surface area contributed by atoms with Crippen LogP contribution in [0.2, 0.25) is 0 Å². The third-order valence-electron chi connectivity index (χ3n) is 1.68. The normalized spacial score (nSPS) is 11.6. The molecule has 90 valence electrons. The zero-order valence-corrected chi connectivity index (χ0v) is 7.68. The molecule has 0 saturated heterocycles. The number of ether oxygens (including phenoxy) is 1. The monoisotopic (exact) mass is 243 g/mol. The molecule has 8 heteroatoms. The molecule has 0 bridgehead atoms. The highest BCUT2D eigenvalue weighted by Crippen LogP contribution is 2.30. The van der Waals surface area contributed by atoms with Crippen molar-refractivity contribution >= 4 is 0 Å².